The van der Waals surface area contributed by atoms with Crippen molar-refractivity contribution in [3.05, 3.63) is 0 Å². The lowest BCUT2D eigenvalue weighted by molar-refractivity contribution is -0.142. The van der Waals surface area contributed by atoms with Crippen LogP contribution in [0.3, 0.4) is 0 Å². The molecule has 70 valence electrons. The van der Waals surface area contributed by atoms with E-state index >= 15 is 0 Å². The van der Waals surface area contributed by atoms with Gasteiger partial charge in [-0.1, -0.05) is 0 Å². The summed E-state index contributed by atoms with van der Waals surface area (Å²) in [6.45, 7) is 2.37. The number of aliphatic carboxylic acids is 1. The number of carboxylic acids is 1. The highest BCUT2D eigenvalue weighted by molar-refractivity contribution is 5.84. The van der Waals surface area contributed by atoms with Crippen molar-refractivity contribution >= 4 is 11.9 Å². The maximum atomic E-state index is 11.1. The smallest absolute Gasteiger partial charge is 0.321 e. The zero-order chi connectivity index (χ0) is 9.72. The first-order valence-electron chi connectivity index (χ1n) is 3.71. The summed E-state index contributed by atoms with van der Waals surface area (Å²) >= 11 is 0. The number of hydrogen-bond donors (Lipinski definition) is 2. The van der Waals surface area contributed by atoms with Gasteiger partial charge >= 0.3 is 5.97 Å². The number of carbonyl (C=O) groups excluding carboxylic acids is 1. The molecular weight excluding hydrogens is 160 g/mol. The topological polar surface area (TPSA) is 83.6 Å². The fourth-order valence-electron chi connectivity index (χ4n) is 0.608. The monoisotopic (exact) mass is 174 g/mol. The van der Waals surface area contributed by atoms with Gasteiger partial charge in [-0.3, -0.25) is 9.59 Å². The summed E-state index contributed by atoms with van der Waals surface area (Å²) in [4.78, 5) is 22.8. The Labute approximate surface area is 71.1 Å². The lowest BCUT2D eigenvalue weighted by atomic mass is 10.2. The lowest BCUT2D eigenvalue weighted by Gasteiger charge is -2.15. The van der Waals surface area contributed by atoms with Gasteiger partial charge in [-0.2, -0.15) is 0 Å². The van der Waals surface area contributed by atoms with Crippen LogP contribution in [-0.4, -0.2) is 41.5 Å². The van der Waals surface area contributed by atoms with Crippen LogP contribution >= 0.6 is 0 Å². The Morgan fingerprint density at radius 1 is 1.58 bits per heavy atom. The van der Waals surface area contributed by atoms with E-state index in [2.05, 4.69) is 0 Å². The molecule has 1 amide bonds. The van der Waals surface area contributed by atoms with E-state index in [-0.39, 0.29) is 12.3 Å². The van der Waals surface area contributed by atoms with Crippen molar-refractivity contribution < 1.29 is 14.7 Å². The average Bonchev–Trinajstić information content (AvgIpc) is 2.02. The number of rotatable bonds is 4. The van der Waals surface area contributed by atoms with E-state index < -0.39 is 12.0 Å². The van der Waals surface area contributed by atoms with E-state index in [1.807, 2.05) is 6.92 Å². The van der Waals surface area contributed by atoms with Crippen molar-refractivity contribution in [1.82, 2.24) is 4.90 Å². The van der Waals surface area contributed by atoms with Gasteiger partial charge in [-0.15, -0.1) is 0 Å². The van der Waals surface area contributed by atoms with Gasteiger partial charge in [0.05, 0.1) is 6.42 Å². The third-order valence-corrected chi connectivity index (χ3v) is 1.61. The van der Waals surface area contributed by atoms with Gasteiger partial charge in [0.1, 0.15) is 6.04 Å². The van der Waals surface area contributed by atoms with E-state index in [4.69, 9.17) is 10.8 Å². The molecule has 0 aromatic rings. The molecule has 1 unspecified atom stereocenters. The van der Waals surface area contributed by atoms with E-state index in [9.17, 15) is 9.59 Å². The zero-order valence-electron chi connectivity index (χ0n) is 7.28. The molecule has 0 saturated carbocycles. The van der Waals surface area contributed by atoms with E-state index in [0.29, 0.717) is 6.54 Å². The molecule has 5 heteroatoms. The Kier molecular flexibility index (Phi) is 4.28. The summed E-state index contributed by atoms with van der Waals surface area (Å²) in [6.07, 6.45) is -0.139. The van der Waals surface area contributed by atoms with Crippen LogP contribution in [0.15, 0.2) is 0 Å². The van der Waals surface area contributed by atoms with Crippen LogP contribution in [-0.2, 0) is 9.59 Å². The predicted octanol–water partition coefficient (Wildman–Crippen LogP) is -0.733. The highest BCUT2D eigenvalue weighted by Crippen LogP contribution is 1.94. The maximum absolute atomic E-state index is 11.1. The number of carboxylic acid groups (broad SMARTS) is 1. The summed E-state index contributed by atoms with van der Waals surface area (Å²) in [6, 6.07) is -1.09. The zero-order valence-corrected chi connectivity index (χ0v) is 7.28. The minimum atomic E-state index is -1.15. The molecule has 0 saturated heterocycles. The summed E-state index contributed by atoms with van der Waals surface area (Å²) in [5, 5.41) is 8.39. The molecule has 12 heavy (non-hydrogen) atoms. The van der Waals surface area contributed by atoms with Crippen LogP contribution in [0.2, 0.25) is 0 Å². The number of nitrogens with zero attached hydrogens (tertiary/aromatic N) is 1. The first-order valence-corrected chi connectivity index (χ1v) is 3.71. The highest BCUT2D eigenvalue weighted by Gasteiger charge is 2.17. The van der Waals surface area contributed by atoms with Crippen molar-refractivity contribution in [1.29, 1.82) is 0 Å². The van der Waals surface area contributed by atoms with E-state index in [1.165, 1.54) is 4.90 Å². The van der Waals surface area contributed by atoms with Crippen molar-refractivity contribution in [2.24, 2.45) is 5.73 Å². The standard InChI is InChI=1S/C7H14N2O3/c1-3-9(2)6(10)4-5(8)7(11)12/h5H,3-4,8H2,1-2H3,(H,11,12). The van der Waals surface area contributed by atoms with Gasteiger partial charge in [-0.25, -0.2) is 0 Å². The fraction of sp³-hybridized carbons (Fsp3) is 0.714. The van der Waals surface area contributed by atoms with Gasteiger partial charge in [0.15, 0.2) is 0 Å². The summed E-state index contributed by atoms with van der Waals surface area (Å²) in [7, 11) is 1.61. The van der Waals surface area contributed by atoms with Crippen LogP contribution < -0.4 is 5.73 Å². The molecule has 0 bridgehead atoms. The molecule has 0 aliphatic rings. The lowest BCUT2D eigenvalue weighted by Crippen LogP contribution is -2.37. The molecule has 0 heterocycles. The minimum Gasteiger partial charge on any atom is -0.480 e. The van der Waals surface area contributed by atoms with Gasteiger partial charge in [0.2, 0.25) is 5.91 Å². The second-order valence-corrected chi connectivity index (χ2v) is 2.56. The van der Waals surface area contributed by atoms with Crippen LogP contribution in [0.5, 0.6) is 0 Å². The second-order valence-electron chi connectivity index (χ2n) is 2.56. The van der Waals surface area contributed by atoms with Gasteiger partial charge < -0.3 is 15.7 Å². The van der Waals surface area contributed by atoms with Gasteiger partial charge in [0.25, 0.3) is 0 Å². The molecule has 0 aliphatic carbocycles. The Bertz CT molecular complexity index is 181. The average molecular weight is 174 g/mol. The van der Waals surface area contributed by atoms with Crippen molar-refractivity contribution in [2.45, 2.75) is 19.4 Å². The van der Waals surface area contributed by atoms with Crippen molar-refractivity contribution in [3.8, 4) is 0 Å². The SMILES string of the molecule is CCN(C)C(=O)CC(N)C(=O)O. The Balaban J connectivity index is 3.92. The molecular formula is C7H14N2O3. The van der Waals surface area contributed by atoms with Crippen LogP contribution in [0.25, 0.3) is 0 Å². The Hall–Kier alpha value is -1.10. The molecule has 1 atom stereocenters. The van der Waals surface area contributed by atoms with Crippen LogP contribution in [0.4, 0.5) is 0 Å². The molecule has 0 fully saturated rings. The third kappa shape index (κ3) is 3.34. The Morgan fingerprint density at radius 3 is 2.42 bits per heavy atom. The number of carbonyl (C=O) groups is 2. The third-order valence-electron chi connectivity index (χ3n) is 1.61. The number of nitrogens with two attached hydrogens (primary N) is 1. The normalized spacial score (nSPS) is 12.2. The minimum absolute atomic E-state index is 0.139. The van der Waals surface area contributed by atoms with Gasteiger partial charge in [0, 0.05) is 13.6 Å². The molecule has 0 rings (SSSR count). The summed E-state index contributed by atoms with van der Waals surface area (Å²) in [5.74, 6) is -1.39. The Morgan fingerprint density at radius 2 is 2.08 bits per heavy atom. The van der Waals surface area contributed by atoms with Crippen LogP contribution in [0.1, 0.15) is 13.3 Å². The fourth-order valence-corrected chi connectivity index (χ4v) is 0.608. The maximum Gasteiger partial charge on any atom is 0.321 e. The second kappa shape index (κ2) is 4.71. The largest absolute Gasteiger partial charge is 0.480 e. The van der Waals surface area contributed by atoms with E-state index in [0.717, 1.165) is 0 Å². The van der Waals surface area contributed by atoms with Crippen molar-refractivity contribution in [2.75, 3.05) is 13.6 Å². The molecule has 3 N–H and O–H groups in total. The summed E-state index contributed by atoms with van der Waals surface area (Å²) in [5.41, 5.74) is 5.16. The number of amides is 1. The first kappa shape index (κ1) is 10.9. The van der Waals surface area contributed by atoms with E-state index in [1.54, 1.807) is 7.05 Å². The number of hydrogen-bond acceptors (Lipinski definition) is 3. The molecule has 5 nitrogen and oxygen atoms in total. The molecule has 0 radical (unpaired) electrons. The first-order chi connectivity index (χ1) is 5.49. The molecule has 0 aromatic carbocycles. The molecule has 0 spiro atoms. The molecule has 0 aromatic heterocycles. The highest BCUT2D eigenvalue weighted by atomic mass is 16.4. The quantitative estimate of drug-likeness (QED) is 0.588. The molecule has 0 aliphatic heterocycles. The van der Waals surface area contributed by atoms with Crippen LogP contribution in [0, 0.1) is 0 Å². The predicted molar refractivity (Wildman–Crippen MR) is 43.5 cm³/mol. The van der Waals surface area contributed by atoms with Gasteiger partial charge in [-0.05, 0) is 6.92 Å². The van der Waals surface area contributed by atoms with Crippen molar-refractivity contribution in [3.63, 3.8) is 0 Å². The summed E-state index contributed by atoms with van der Waals surface area (Å²) < 4.78 is 0.